The molecule has 2 rings (SSSR count). The van der Waals surface area contributed by atoms with Crippen LogP contribution in [0.3, 0.4) is 0 Å². The van der Waals surface area contributed by atoms with Gasteiger partial charge in [0.05, 0.1) is 0 Å². The number of carbonyl (C=O) groups excluding carboxylic acids is 1. The molecule has 2 nitrogen and oxygen atoms in total. The summed E-state index contributed by atoms with van der Waals surface area (Å²) >= 11 is 0. The van der Waals surface area contributed by atoms with Gasteiger partial charge in [-0.2, -0.15) is 0 Å². The van der Waals surface area contributed by atoms with E-state index in [9.17, 15) is 4.79 Å². The minimum absolute atomic E-state index is 0.160. The van der Waals surface area contributed by atoms with Crippen molar-refractivity contribution in [3.8, 4) is 0 Å². The van der Waals surface area contributed by atoms with Crippen LogP contribution in [-0.4, -0.2) is 12.3 Å². The van der Waals surface area contributed by atoms with Crippen LogP contribution in [0.4, 0.5) is 0 Å². The second kappa shape index (κ2) is 3.66. The molecule has 72 valence electrons. The highest BCUT2D eigenvalue weighted by Gasteiger charge is 2.18. The third-order valence-corrected chi connectivity index (χ3v) is 2.53. The first-order valence-corrected chi connectivity index (χ1v) is 4.82. The van der Waals surface area contributed by atoms with Gasteiger partial charge in [-0.3, -0.25) is 4.79 Å². The van der Waals surface area contributed by atoms with Crippen molar-refractivity contribution in [1.82, 2.24) is 5.32 Å². The minimum Gasteiger partial charge on any atom is -0.388 e. The zero-order valence-electron chi connectivity index (χ0n) is 8.21. The lowest BCUT2D eigenvalue weighted by molar-refractivity contribution is 0.103. The third kappa shape index (κ3) is 1.55. The quantitative estimate of drug-likeness (QED) is 0.719. The molecule has 0 saturated carbocycles. The molecule has 0 bridgehead atoms. The highest BCUT2D eigenvalue weighted by Crippen LogP contribution is 2.18. The van der Waals surface area contributed by atoms with Crippen LogP contribution in [0.2, 0.25) is 0 Å². The van der Waals surface area contributed by atoms with Crippen LogP contribution in [0.5, 0.6) is 0 Å². The van der Waals surface area contributed by atoms with Crippen LogP contribution in [-0.2, 0) is 0 Å². The summed E-state index contributed by atoms with van der Waals surface area (Å²) in [6.07, 6.45) is 0.847. The van der Waals surface area contributed by atoms with E-state index in [1.54, 1.807) is 0 Å². The largest absolute Gasteiger partial charge is 0.388 e. The van der Waals surface area contributed by atoms with E-state index in [2.05, 4.69) is 5.32 Å². The van der Waals surface area contributed by atoms with E-state index < -0.39 is 0 Å². The normalized spacial score (nSPS) is 15.5. The predicted molar refractivity (Wildman–Crippen MR) is 56.1 cm³/mol. The van der Waals surface area contributed by atoms with Gasteiger partial charge in [0.15, 0.2) is 5.78 Å². The Balaban J connectivity index is 2.29. The number of rotatable bonds is 2. The van der Waals surface area contributed by atoms with E-state index in [0.29, 0.717) is 0 Å². The Morgan fingerprint density at radius 3 is 2.57 bits per heavy atom. The van der Waals surface area contributed by atoms with Gasteiger partial charge in [0.2, 0.25) is 0 Å². The summed E-state index contributed by atoms with van der Waals surface area (Å²) < 4.78 is 0. The van der Waals surface area contributed by atoms with Gasteiger partial charge in [-0.05, 0) is 13.3 Å². The molecule has 1 aliphatic rings. The van der Waals surface area contributed by atoms with Crippen molar-refractivity contribution in [2.24, 2.45) is 0 Å². The Morgan fingerprint density at radius 1 is 1.29 bits per heavy atom. The molecule has 0 amide bonds. The molecule has 2 heteroatoms. The van der Waals surface area contributed by atoms with E-state index in [1.807, 2.05) is 37.3 Å². The highest BCUT2D eigenvalue weighted by molar-refractivity contribution is 6.09. The van der Waals surface area contributed by atoms with Crippen molar-refractivity contribution in [2.75, 3.05) is 6.54 Å². The first-order valence-electron chi connectivity index (χ1n) is 4.82. The molecule has 1 N–H and O–H groups in total. The summed E-state index contributed by atoms with van der Waals surface area (Å²) in [5.41, 5.74) is 2.74. The van der Waals surface area contributed by atoms with Crippen molar-refractivity contribution in [3.63, 3.8) is 0 Å². The Morgan fingerprint density at radius 2 is 2.00 bits per heavy atom. The second-order valence-electron chi connectivity index (χ2n) is 3.48. The van der Waals surface area contributed by atoms with Gasteiger partial charge in [-0.15, -0.1) is 0 Å². The van der Waals surface area contributed by atoms with Crippen LogP contribution in [0.25, 0.3) is 0 Å². The maximum atomic E-state index is 12.0. The molecular formula is C12H13NO. The number of allylic oxidation sites excluding steroid dienone is 1. The molecule has 0 spiro atoms. The van der Waals surface area contributed by atoms with Crippen LogP contribution >= 0.6 is 0 Å². The van der Waals surface area contributed by atoms with Gasteiger partial charge in [0.1, 0.15) is 0 Å². The van der Waals surface area contributed by atoms with Gasteiger partial charge in [0, 0.05) is 23.4 Å². The lowest BCUT2D eigenvalue weighted by Gasteiger charge is -2.01. The molecular weight excluding hydrogens is 174 g/mol. The number of hydrogen-bond acceptors (Lipinski definition) is 2. The van der Waals surface area contributed by atoms with Crippen molar-refractivity contribution in [3.05, 3.63) is 47.2 Å². The van der Waals surface area contributed by atoms with Gasteiger partial charge < -0.3 is 5.32 Å². The molecule has 0 aromatic heterocycles. The van der Waals surface area contributed by atoms with E-state index in [0.717, 1.165) is 29.8 Å². The zero-order valence-corrected chi connectivity index (χ0v) is 8.21. The number of ketones is 1. The Bertz CT molecular complexity index is 379. The average molecular weight is 187 g/mol. The van der Waals surface area contributed by atoms with E-state index >= 15 is 0 Å². The molecule has 0 unspecified atom stereocenters. The summed E-state index contributed by atoms with van der Waals surface area (Å²) in [7, 11) is 0. The molecule has 14 heavy (non-hydrogen) atoms. The van der Waals surface area contributed by atoms with Crippen LogP contribution in [0.1, 0.15) is 23.7 Å². The van der Waals surface area contributed by atoms with Crippen LogP contribution < -0.4 is 5.32 Å². The molecule has 0 saturated heterocycles. The van der Waals surface area contributed by atoms with Crippen molar-refractivity contribution < 1.29 is 4.79 Å². The summed E-state index contributed by atoms with van der Waals surface area (Å²) in [5, 5.41) is 3.18. The van der Waals surface area contributed by atoms with E-state index in [4.69, 9.17) is 0 Å². The number of Topliss-reactive ketones (excluding diaryl/α,β-unsaturated/α-hetero) is 1. The van der Waals surface area contributed by atoms with Gasteiger partial charge in [-0.25, -0.2) is 0 Å². The second-order valence-corrected chi connectivity index (χ2v) is 3.48. The lowest BCUT2D eigenvalue weighted by Crippen LogP contribution is -2.05. The Kier molecular flexibility index (Phi) is 2.35. The van der Waals surface area contributed by atoms with Gasteiger partial charge >= 0.3 is 0 Å². The summed E-state index contributed by atoms with van der Waals surface area (Å²) in [6.45, 7) is 2.85. The molecule has 0 radical (unpaired) electrons. The van der Waals surface area contributed by atoms with Crippen molar-refractivity contribution >= 4 is 5.78 Å². The Labute approximate surface area is 83.6 Å². The lowest BCUT2D eigenvalue weighted by atomic mass is 10.0. The summed E-state index contributed by atoms with van der Waals surface area (Å²) in [6, 6.07) is 9.43. The van der Waals surface area contributed by atoms with E-state index in [1.165, 1.54) is 0 Å². The van der Waals surface area contributed by atoms with Crippen LogP contribution in [0.15, 0.2) is 41.6 Å². The molecule has 0 atom stereocenters. The highest BCUT2D eigenvalue weighted by atomic mass is 16.1. The van der Waals surface area contributed by atoms with Crippen molar-refractivity contribution in [2.45, 2.75) is 13.3 Å². The number of hydrogen-bond donors (Lipinski definition) is 1. The number of nitrogens with one attached hydrogen (secondary N) is 1. The van der Waals surface area contributed by atoms with Crippen LogP contribution in [0, 0.1) is 0 Å². The minimum atomic E-state index is 0.160. The average Bonchev–Trinajstić information content (AvgIpc) is 2.65. The van der Waals surface area contributed by atoms with Crippen molar-refractivity contribution in [1.29, 1.82) is 0 Å². The number of carbonyl (C=O) groups is 1. The van der Waals surface area contributed by atoms with Gasteiger partial charge in [0.25, 0.3) is 0 Å². The summed E-state index contributed by atoms with van der Waals surface area (Å²) in [5.74, 6) is 0.160. The maximum absolute atomic E-state index is 12.0. The number of benzene rings is 1. The monoisotopic (exact) mass is 187 g/mol. The summed E-state index contributed by atoms with van der Waals surface area (Å²) in [4.78, 5) is 12.0. The molecule has 0 aliphatic carbocycles. The first-order chi connectivity index (χ1) is 6.79. The fourth-order valence-electron chi connectivity index (χ4n) is 1.72. The fraction of sp³-hybridized carbons (Fsp3) is 0.250. The topological polar surface area (TPSA) is 29.1 Å². The molecule has 1 aliphatic heterocycles. The zero-order chi connectivity index (χ0) is 9.97. The molecule has 1 aromatic rings. The molecule has 1 aromatic carbocycles. The first kappa shape index (κ1) is 9.00. The maximum Gasteiger partial charge on any atom is 0.190 e. The third-order valence-electron chi connectivity index (χ3n) is 2.53. The predicted octanol–water partition coefficient (Wildman–Crippen LogP) is 2.14. The molecule has 0 fully saturated rings. The van der Waals surface area contributed by atoms with Gasteiger partial charge in [-0.1, -0.05) is 30.3 Å². The van der Waals surface area contributed by atoms with E-state index in [-0.39, 0.29) is 5.78 Å². The smallest absolute Gasteiger partial charge is 0.190 e. The Hall–Kier alpha value is -1.57. The standard InChI is InChI=1S/C12H13NO/c1-9-11(7-8-13-9)12(14)10-5-3-2-4-6-10/h2-6,13H,7-8H2,1H3. The SMILES string of the molecule is CC1=C(C(=O)c2ccccc2)CCN1. The molecule has 1 heterocycles. The fourth-order valence-corrected chi connectivity index (χ4v) is 1.72.